The van der Waals surface area contributed by atoms with Crippen molar-refractivity contribution in [2.24, 2.45) is 0 Å². The summed E-state index contributed by atoms with van der Waals surface area (Å²) in [6, 6.07) is 3.97. The minimum atomic E-state index is -0.558. The highest BCUT2D eigenvalue weighted by Gasteiger charge is 2.16. The highest BCUT2D eigenvalue weighted by molar-refractivity contribution is 5.52. The number of aliphatic hydroxyl groups excluding tert-OH is 1. The van der Waals surface area contributed by atoms with E-state index in [1.807, 2.05) is 0 Å². The summed E-state index contributed by atoms with van der Waals surface area (Å²) < 4.78 is 18.5. The van der Waals surface area contributed by atoms with Gasteiger partial charge in [-0.1, -0.05) is 19.8 Å². The first-order chi connectivity index (χ1) is 8.04. The average Bonchev–Trinajstić information content (AvgIpc) is 2.30. The molecule has 0 heterocycles. The Morgan fingerprint density at radius 2 is 2.18 bits per heavy atom. The highest BCUT2D eigenvalue weighted by Crippen LogP contribution is 2.24. The molecule has 0 spiro atoms. The van der Waals surface area contributed by atoms with Crippen LogP contribution in [0.25, 0.3) is 0 Å². The summed E-state index contributed by atoms with van der Waals surface area (Å²) in [5.41, 5.74) is 6.04. The molecule has 96 valence electrons. The van der Waals surface area contributed by atoms with Crippen molar-refractivity contribution in [1.29, 1.82) is 0 Å². The van der Waals surface area contributed by atoms with Crippen molar-refractivity contribution in [1.82, 2.24) is 0 Å². The Bertz CT molecular complexity index is 357. The molecule has 0 bridgehead atoms. The highest BCUT2D eigenvalue weighted by atomic mass is 19.1. The molecule has 0 aromatic heterocycles. The number of unbranched alkanes of at least 4 members (excludes halogenated alkanes) is 1. The first-order valence-corrected chi connectivity index (χ1v) is 5.94. The zero-order valence-corrected chi connectivity index (χ0v) is 10.3. The molecule has 1 aromatic carbocycles. The molecule has 3 N–H and O–H groups in total. The fourth-order valence-electron chi connectivity index (χ4n) is 1.54. The molecule has 0 aliphatic rings. The number of aliphatic hydroxyl groups is 1. The number of halogens is 1. The van der Waals surface area contributed by atoms with Crippen LogP contribution in [0.4, 0.5) is 10.1 Å². The molecular formula is C13H20FNO2. The maximum Gasteiger partial charge on any atom is 0.145 e. The van der Waals surface area contributed by atoms with Gasteiger partial charge in [0, 0.05) is 6.07 Å². The van der Waals surface area contributed by atoms with Crippen LogP contribution in [0.15, 0.2) is 18.2 Å². The fraction of sp³-hybridized carbons (Fsp3) is 0.538. The number of anilines is 1. The van der Waals surface area contributed by atoms with E-state index >= 15 is 0 Å². The van der Waals surface area contributed by atoms with Gasteiger partial charge in [0.2, 0.25) is 0 Å². The quantitative estimate of drug-likeness (QED) is 0.753. The van der Waals surface area contributed by atoms with E-state index in [2.05, 4.69) is 6.92 Å². The molecule has 17 heavy (non-hydrogen) atoms. The third-order valence-electron chi connectivity index (χ3n) is 2.68. The predicted molar refractivity (Wildman–Crippen MR) is 66.4 cm³/mol. The molecule has 0 radical (unpaired) electrons. The van der Waals surface area contributed by atoms with E-state index in [4.69, 9.17) is 10.5 Å². The van der Waals surface area contributed by atoms with Gasteiger partial charge in [-0.15, -0.1) is 0 Å². The number of hydrogen-bond donors (Lipinski definition) is 2. The van der Waals surface area contributed by atoms with Crippen LogP contribution in [0.1, 0.15) is 33.1 Å². The second-order valence-corrected chi connectivity index (χ2v) is 4.21. The van der Waals surface area contributed by atoms with Gasteiger partial charge in [0.25, 0.3) is 0 Å². The number of rotatable bonds is 6. The molecule has 0 aliphatic heterocycles. The zero-order valence-electron chi connectivity index (χ0n) is 10.3. The van der Waals surface area contributed by atoms with Gasteiger partial charge >= 0.3 is 0 Å². The second-order valence-electron chi connectivity index (χ2n) is 4.21. The van der Waals surface area contributed by atoms with Gasteiger partial charge in [0.05, 0.1) is 11.8 Å². The van der Waals surface area contributed by atoms with Crippen molar-refractivity contribution in [2.75, 3.05) is 5.73 Å². The average molecular weight is 241 g/mol. The molecule has 1 aromatic rings. The van der Waals surface area contributed by atoms with Gasteiger partial charge in [0.1, 0.15) is 17.7 Å². The van der Waals surface area contributed by atoms with Crippen molar-refractivity contribution in [3.8, 4) is 5.75 Å². The Balaban J connectivity index is 2.60. The lowest BCUT2D eigenvalue weighted by atomic mass is 10.1. The minimum Gasteiger partial charge on any atom is -0.486 e. The molecule has 3 nitrogen and oxygen atoms in total. The standard InChI is InChI=1S/C13H20FNO2/c1-3-4-5-12(16)9(2)17-13-8-10(14)6-7-11(13)15/h6-9,12,16H,3-5,15H2,1-2H3/t9?,12-/m0/s1. The summed E-state index contributed by atoms with van der Waals surface area (Å²) in [6.45, 7) is 3.81. The van der Waals surface area contributed by atoms with Crippen LogP contribution in [0.3, 0.4) is 0 Å². The summed E-state index contributed by atoms with van der Waals surface area (Å²) in [5.74, 6) is -0.113. The minimum absolute atomic E-state index is 0.285. The molecule has 2 atom stereocenters. The lowest BCUT2D eigenvalue weighted by molar-refractivity contribution is 0.0406. The largest absolute Gasteiger partial charge is 0.486 e. The van der Waals surface area contributed by atoms with E-state index in [0.29, 0.717) is 12.1 Å². The normalized spacial score (nSPS) is 14.4. The van der Waals surface area contributed by atoms with Gasteiger partial charge in [-0.2, -0.15) is 0 Å². The topological polar surface area (TPSA) is 55.5 Å². The molecule has 0 aliphatic carbocycles. The van der Waals surface area contributed by atoms with Crippen LogP contribution < -0.4 is 10.5 Å². The first-order valence-electron chi connectivity index (χ1n) is 5.94. The van der Waals surface area contributed by atoms with Gasteiger partial charge in [-0.25, -0.2) is 4.39 Å². The fourth-order valence-corrected chi connectivity index (χ4v) is 1.54. The number of nitrogens with two attached hydrogens (primary N) is 1. The summed E-state index contributed by atoms with van der Waals surface area (Å²) in [6.07, 6.45) is 1.68. The molecule has 0 amide bonds. The smallest absolute Gasteiger partial charge is 0.145 e. The SMILES string of the molecule is CCCC[C@H](O)C(C)Oc1cc(F)ccc1N. The van der Waals surface area contributed by atoms with Crippen molar-refractivity contribution < 1.29 is 14.2 Å². The Labute approximate surface area is 101 Å². The van der Waals surface area contributed by atoms with Gasteiger partial charge < -0.3 is 15.6 Å². The van der Waals surface area contributed by atoms with Gasteiger partial charge in [-0.3, -0.25) is 0 Å². The van der Waals surface area contributed by atoms with Gasteiger partial charge in [0.15, 0.2) is 0 Å². The van der Waals surface area contributed by atoms with E-state index in [1.54, 1.807) is 6.92 Å². The molecular weight excluding hydrogens is 221 g/mol. The van der Waals surface area contributed by atoms with Gasteiger partial charge in [-0.05, 0) is 25.5 Å². The monoisotopic (exact) mass is 241 g/mol. The molecule has 1 rings (SSSR count). The Morgan fingerprint density at radius 3 is 2.82 bits per heavy atom. The van der Waals surface area contributed by atoms with Crippen LogP contribution in [0.2, 0.25) is 0 Å². The first kappa shape index (κ1) is 13.8. The summed E-state index contributed by atoms with van der Waals surface area (Å²) in [5, 5.41) is 9.81. The van der Waals surface area contributed by atoms with E-state index in [-0.39, 0.29) is 5.75 Å². The van der Waals surface area contributed by atoms with Crippen LogP contribution in [-0.2, 0) is 0 Å². The zero-order chi connectivity index (χ0) is 12.8. The molecule has 0 fully saturated rings. The number of nitrogen functional groups attached to an aromatic ring is 1. The Morgan fingerprint density at radius 1 is 1.47 bits per heavy atom. The Kier molecular flexibility index (Phi) is 5.22. The second kappa shape index (κ2) is 6.45. The van der Waals surface area contributed by atoms with Crippen LogP contribution in [-0.4, -0.2) is 17.3 Å². The van der Waals surface area contributed by atoms with E-state index < -0.39 is 18.0 Å². The molecule has 0 saturated heterocycles. The van der Waals surface area contributed by atoms with Crippen LogP contribution >= 0.6 is 0 Å². The number of benzene rings is 1. The predicted octanol–water partition coefficient (Wildman–Crippen LogP) is 2.73. The summed E-state index contributed by atoms with van der Waals surface area (Å²) >= 11 is 0. The summed E-state index contributed by atoms with van der Waals surface area (Å²) in [4.78, 5) is 0. The maximum atomic E-state index is 13.0. The molecule has 0 saturated carbocycles. The van der Waals surface area contributed by atoms with Crippen LogP contribution in [0.5, 0.6) is 5.75 Å². The van der Waals surface area contributed by atoms with E-state index in [9.17, 15) is 9.50 Å². The lowest BCUT2D eigenvalue weighted by Gasteiger charge is -2.21. The van der Waals surface area contributed by atoms with Crippen LogP contribution in [0, 0.1) is 5.82 Å². The Hall–Kier alpha value is -1.29. The van der Waals surface area contributed by atoms with Crippen molar-refractivity contribution >= 4 is 5.69 Å². The molecule has 4 heteroatoms. The van der Waals surface area contributed by atoms with Crippen molar-refractivity contribution in [2.45, 2.75) is 45.3 Å². The van der Waals surface area contributed by atoms with Crippen molar-refractivity contribution in [3.63, 3.8) is 0 Å². The third-order valence-corrected chi connectivity index (χ3v) is 2.68. The number of ether oxygens (including phenoxy) is 1. The van der Waals surface area contributed by atoms with Crippen molar-refractivity contribution in [3.05, 3.63) is 24.0 Å². The lowest BCUT2D eigenvalue weighted by Crippen LogP contribution is -2.28. The third kappa shape index (κ3) is 4.23. The number of hydrogen-bond acceptors (Lipinski definition) is 3. The molecule has 1 unspecified atom stereocenters. The van der Waals surface area contributed by atoms with E-state index in [1.165, 1.54) is 18.2 Å². The van der Waals surface area contributed by atoms with E-state index in [0.717, 1.165) is 12.8 Å². The summed E-state index contributed by atoms with van der Waals surface area (Å²) in [7, 11) is 0. The maximum absolute atomic E-state index is 13.0.